The van der Waals surface area contributed by atoms with Crippen LogP contribution >= 0.6 is 11.6 Å². The summed E-state index contributed by atoms with van der Waals surface area (Å²) in [5, 5.41) is 2.83. The summed E-state index contributed by atoms with van der Waals surface area (Å²) in [6.45, 7) is 0. The summed E-state index contributed by atoms with van der Waals surface area (Å²) >= 11 is 5.97. The fraction of sp³-hybridized carbons (Fsp3) is 0. The molecule has 0 aliphatic carbocycles. The number of benzene rings is 3. The maximum atomic E-state index is 12.1. The van der Waals surface area contributed by atoms with Crippen LogP contribution in [0.4, 0.5) is 0 Å². The average molecular weight is 334 g/mol. The molecule has 0 saturated heterocycles. The van der Waals surface area contributed by atoms with Crippen molar-refractivity contribution in [3.8, 4) is 0 Å². The summed E-state index contributed by atoms with van der Waals surface area (Å²) in [5.74, 6) is -0.187. The van der Waals surface area contributed by atoms with Crippen molar-refractivity contribution in [2.24, 2.45) is 4.99 Å². The topological polar surface area (TPSA) is 38.7 Å². The highest BCUT2D eigenvalue weighted by Crippen LogP contribution is 2.22. The van der Waals surface area contributed by atoms with Crippen molar-refractivity contribution in [3.63, 3.8) is 0 Å². The molecule has 1 heterocycles. The first-order valence-electron chi connectivity index (χ1n) is 7.46. The molecule has 3 aromatic carbocycles. The van der Waals surface area contributed by atoms with Gasteiger partial charge in [-0.05, 0) is 46.7 Å². The molecule has 0 N–H and O–H groups in total. The molecule has 1 aliphatic rings. The minimum absolute atomic E-state index is 0.273. The Morgan fingerprint density at radius 1 is 0.917 bits per heavy atom. The number of carbonyl (C=O) groups excluding carboxylic acids is 1. The van der Waals surface area contributed by atoms with E-state index in [1.165, 1.54) is 0 Å². The predicted molar refractivity (Wildman–Crippen MR) is 96.0 cm³/mol. The van der Waals surface area contributed by atoms with Crippen LogP contribution in [-0.4, -0.2) is 11.9 Å². The van der Waals surface area contributed by atoms with E-state index in [0.29, 0.717) is 10.6 Å². The average Bonchev–Trinajstić information content (AvgIpc) is 2.96. The van der Waals surface area contributed by atoms with Crippen LogP contribution in [0.2, 0.25) is 5.02 Å². The van der Waals surface area contributed by atoms with Gasteiger partial charge >= 0.3 is 5.97 Å². The van der Waals surface area contributed by atoms with Gasteiger partial charge in [0.15, 0.2) is 5.70 Å². The van der Waals surface area contributed by atoms with E-state index in [1.807, 2.05) is 42.5 Å². The summed E-state index contributed by atoms with van der Waals surface area (Å²) in [6.07, 6.45) is 1.73. The van der Waals surface area contributed by atoms with E-state index >= 15 is 0 Å². The van der Waals surface area contributed by atoms with Gasteiger partial charge in [-0.3, -0.25) is 0 Å². The summed E-state index contributed by atoms with van der Waals surface area (Å²) in [7, 11) is 0. The molecular weight excluding hydrogens is 322 g/mol. The molecule has 3 nitrogen and oxygen atoms in total. The van der Waals surface area contributed by atoms with Gasteiger partial charge in [0.05, 0.1) is 0 Å². The third-order valence-corrected chi connectivity index (χ3v) is 4.00. The maximum Gasteiger partial charge on any atom is 0.363 e. The number of rotatable bonds is 2. The third-order valence-electron chi connectivity index (χ3n) is 3.77. The van der Waals surface area contributed by atoms with Crippen molar-refractivity contribution in [1.82, 2.24) is 0 Å². The normalized spacial score (nSPS) is 15.6. The Morgan fingerprint density at radius 3 is 2.58 bits per heavy atom. The van der Waals surface area contributed by atoms with Crippen LogP contribution in [0.5, 0.6) is 0 Å². The first-order valence-corrected chi connectivity index (χ1v) is 7.84. The molecule has 4 heteroatoms. The maximum absolute atomic E-state index is 12.1. The molecule has 24 heavy (non-hydrogen) atoms. The van der Waals surface area contributed by atoms with Crippen molar-refractivity contribution < 1.29 is 9.53 Å². The minimum atomic E-state index is -0.460. The lowest BCUT2D eigenvalue weighted by Crippen LogP contribution is -2.05. The first kappa shape index (κ1) is 14.7. The predicted octanol–water partition coefficient (Wildman–Crippen LogP) is 4.84. The summed E-state index contributed by atoms with van der Waals surface area (Å²) in [5.41, 5.74) is 1.86. The van der Waals surface area contributed by atoms with E-state index in [2.05, 4.69) is 4.99 Å². The Bertz CT molecular complexity index is 1020. The smallest absolute Gasteiger partial charge is 0.363 e. The number of aliphatic imine (C=N–C) groups is 1. The Morgan fingerprint density at radius 2 is 1.75 bits per heavy atom. The zero-order valence-electron chi connectivity index (χ0n) is 12.6. The van der Waals surface area contributed by atoms with Gasteiger partial charge in [0.25, 0.3) is 0 Å². The highest BCUT2D eigenvalue weighted by atomic mass is 35.5. The number of fused-ring (bicyclic) bond motifs is 1. The highest BCUT2D eigenvalue weighted by molar-refractivity contribution is 6.31. The van der Waals surface area contributed by atoms with Crippen molar-refractivity contribution in [1.29, 1.82) is 0 Å². The summed E-state index contributed by atoms with van der Waals surface area (Å²) in [4.78, 5) is 16.4. The molecule has 0 amide bonds. The monoisotopic (exact) mass is 333 g/mol. The lowest BCUT2D eigenvalue weighted by Gasteiger charge is -1.99. The number of cyclic esters (lactones) is 1. The molecule has 0 spiro atoms. The second-order valence-corrected chi connectivity index (χ2v) is 5.89. The van der Waals surface area contributed by atoms with Gasteiger partial charge in [-0.1, -0.05) is 54.1 Å². The summed E-state index contributed by atoms with van der Waals surface area (Å²) < 4.78 is 5.26. The molecule has 0 saturated carbocycles. The number of carbonyl (C=O) groups is 1. The van der Waals surface area contributed by atoms with Gasteiger partial charge < -0.3 is 4.74 Å². The molecule has 0 radical (unpaired) electrons. The van der Waals surface area contributed by atoms with E-state index in [1.54, 1.807) is 30.3 Å². The molecule has 0 fully saturated rings. The number of hydrogen-bond donors (Lipinski definition) is 0. The Balaban J connectivity index is 1.71. The zero-order chi connectivity index (χ0) is 16.5. The molecule has 0 aromatic heterocycles. The molecule has 4 rings (SSSR count). The number of nitrogens with zero attached hydrogens (tertiary/aromatic N) is 1. The van der Waals surface area contributed by atoms with Gasteiger partial charge in [0.2, 0.25) is 5.90 Å². The van der Waals surface area contributed by atoms with E-state index in [0.717, 1.165) is 16.3 Å². The van der Waals surface area contributed by atoms with Crippen LogP contribution in [0.3, 0.4) is 0 Å². The molecule has 3 aromatic rings. The van der Waals surface area contributed by atoms with Gasteiger partial charge in [0.1, 0.15) is 0 Å². The van der Waals surface area contributed by atoms with Gasteiger partial charge in [-0.2, -0.15) is 0 Å². The second kappa shape index (κ2) is 5.95. The van der Waals surface area contributed by atoms with Crippen LogP contribution in [0.25, 0.3) is 16.8 Å². The Kier molecular flexibility index (Phi) is 3.63. The van der Waals surface area contributed by atoms with E-state index < -0.39 is 5.97 Å². The quantitative estimate of drug-likeness (QED) is 0.497. The van der Waals surface area contributed by atoms with Crippen molar-refractivity contribution >= 4 is 40.3 Å². The van der Waals surface area contributed by atoms with Crippen molar-refractivity contribution in [2.45, 2.75) is 0 Å². The van der Waals surface area contributed by atoms with E-state index in [-0.39, 0.29) is 11.6 Å². The fourth-order valence-corrected chi connectivity index (χ4v) is 2.80. The molecule has 1 aliphatic heterocycles. The second-order valence-electron chi connectivity index (χ2n) is 5.45. The van der Waals surface area contributed by atoms with E-state index in [9.17, 15) is 4.79 Å². The standard InChI is InChI=1S/C20H12ClNO2/c21-17-7-3-6-16(12-17)19-22-18(20(23)24-19)11-13-8-9-14-4-1-2-5-15(14)10-13/h1-12H. The van der Waals surface area contributed by atoms with Crippen LogP contribution < -0.4 is 0 Å². The lowest BCUT2D eigenvalue weighted by atomic mass is 10.1. The van der Waals surface area contributed by atoms with Crippen LogP contribution in [0, 0.1) is 0 Å². The number of esters is 1. The number of hydrogen-bond acceptors (Lipinski definition) is 3. The zero-order valence-corrected chi connectivity index (χ0v) is 13.3. The highest BCUT2D eigenvalue weighted by Gasteiger charge is 2.24. The largest absolute Gasteiger partial charge is 0.402 e. The van der Waals surface area contributed by atoms with Crippen molar-refractivity contribution in [3.05, 3.63) is 88.6 Å². The minimum Gasteiger partial charge on any atom is -0.402 e. The molecule has 0 bridgehead atoms. The first-order chi connectivity index (χ1) is 11.7. The SMILES string of the molecule is O=C1OC(c2cccc(Cl)c2)=NC1=Cc1ccc2ccccc2c1. The van der Waals surface area contributed by atoms with Crippen LogP contribution in [-0.2, 0) is 9.53 Å². The fourth-order valence-electron chi connectivity index (χ4n) is 2.61. The number of ether oxygens (including phenoxy) is 1. The molecular formula is C20H12ClNO2. The van der Waals surface area contributed by atoms with E-state index in [4.69, 9.17) is 16.3 Å². The van der Waals surface area contributed by atoms with Gasteiger partial charge in [0, 0.05) is 10.6 Å². The molecule has 0 atom stereocenters. The number of halogens is 1. The van der Waals surface area contributed by atoms with Crippen LogP contribution in [0.15, 0.2) is 77.4 Å². The van der Waals surface area contributed by atoms with Crippen LogP contribution in [0.1, 0.15) is 11.1 Å². The van der Waals surface area contributed by atoms with Gasteiger partial charge in [-0.25, -0.2) is 9.79 Å². The lowest BCUT2D eigenvalue weighted by molar-refractivity contribution is -0.129. The molecule has 116 valence electrons. The van der Waals surface area contributed by atoms with Gasteiger partial charge in [-0.15, -0.1) is 0 Å². The Labute approximate surface area is 143 Å². The Hall–Kier alpha value is -2.91. The molecule has 0 unspecified atom stereocenters. The summed E-state index contributed by atoms with van der Waals surface area (Å²) in [6, 6.07) is 21.1. The van der Waals surface area contributed by atoms with Crippen molar-refractivity contribution in [2.75, 3.05) is 0 Å². The third kappa shape index (κ3) is 2.82.